The van der Waals surface area contributed by atoms with E-state index in [9.17, 15) is 5.11 Å². The summed E-state index contributed by atoms with van der Waals surface area (Å²) in [5.41, 5.74) is 0. The van der Waals surface area contributed by atoms with Crippen LogP contribution in [-0.4, -0.2) is 49.4 Å². The van der Waals surface area contributed by atoms with Crippen molar-refractivity contribution >= 4 is 23.5 Å². The molecule has 112 valence electrons. The summed E-state index contributed by atoms with van der Waals surface area (Å²) in [6, 6.07) is 3.54. The molecule has 8 heteroatoms. The number of aromatic nitrogens is 4. The maximum Gasteiger partial charge on any atom is 0.187 e. The SMILES string of the molecule is OC(CSc1ncccn1)OCCCSc1ncccn1. The topological polar surface area (TPSA) is 81.0 Å². The molecule has 0 saturated carbocycles. The van der Waals surface area contributed by atoms with E-state index in [0.717, 1.165) is 17.3 Å². The lowest BCUT2D eigenvalue weighted by molar-refractivity contribution is -0.0809. The first-order valence-corrected chi connectivity index (χ1v) is 8.41. The number of ether oxygens (including phenoxy) is 1. The molecule has 2 rings (SSSR count). The Morgan fingerprint density at radius 1 is 0.952 bits per heavy atom. The highest BCUT2D eigenvalue weighted by atomic mass is 32.2. The van der Waals surface area contributed by atoms with Crippen molar-refractivity contribution in [2.75, 3.05) is 18.1 Å². The summed E-state index contributed by atoms with van der Waals surface area (Å²) >= 11 is 2.94. The summed E-state index contributed by atoms with van der Waals surface area (Å²) in [5, 5.41) is 11.1. The van der Waals surface area contributed by atoms with Crippen LogP contribution in [0.2, 0.25) is 0 Å². The van der Waals surface area contributed by atoms with Crippen molar-refractivity contribution in [2.24, 2.45) is 0 Å². The lowest BCUT2D eigenvalue weighted by atomic mass is 10.5. The minimum atomic E-state index is -0.809. The number of thioether (sulfide) groups is 2. The molecule has 1 unspecified atom stereocenters. The van der Waals surface area contributed by atoms with E-state index in [4.69, 9.17) is 4.74 Å². The van der Waals surface area contributed by atoms with Crippen molar-refractivity contribution in [1.82, 2.24) is 19.9 Å². The van der Waals surface area contributed by atoms with Gasteiger partial charge in [-0.3, -0.25) is 0 Å². The molecule has 2 heterocycles. The number of nitrogens with zero attached hydrogens (tertiary/aromatic N) is 4. The van der Waals surface area contributed by atoms with Gasteiger partial charge in [-0.15, -0.1) is 0 Å². The highest BCUT2D eigenvalue weighted by molar-refractivity contribution is 7.99. The largest absolute Gasteiger partial charge is 0.367 e. The van der Waals surface area contributed by atoms with Crippen molar-refractivity contribution in [3.8, 4) is 0 Å². The Labute approximate surface area is 131 Å². The summed E-state index contributed by atoms with van der Waals surface area (Å²) in [6.45, 7) is 0.497. The van der Waals surface area contributed by atoms with E-state index in [-0.39, 0.29) is 0 Å². The molecule has 0 aliphatic carbocycles. The van der Waals surface area contributed by atoms with E-state index in [1.165, 1.54) is 11.8 Å². The standard InChI is InChI=1S/C13H16N4O2S2/c18-11(10-21-13-16-6-2-7-17-13)19-8-3-9-20-12-14-4-1-5-15-12/h1-2,4-7,11,18H,3,8-10H2. The van der Waals surface area contributed by atoms with Gasteiger partial charge in [0.1, 0.15) is 0 Å². The van der Waals surface area contributed by atoms with Gasteiger partial charge in [0.2, 0.25) is 0 Å². The Kier molecular flexibility index (Phi) is 7.44. The molecule has 0 spiro atoms. The third-order valence-corrected chi connectivity index (χ3v) is 4.15. The van der Waals surface area contributed by atoms with Crippen molar-refractivity contribution in [3.05, 3.63) is 36.9 Å². The Morgan fingerprint density at radius 2 is 1.52 bits per heavy atom. The van der Waals surface area contributed by atoms with Gasteiger partial charge in [0.25, 0.3) is 0 Å². The van der Waals surface area contributed by atoms with Crippen LogP contribution in [0.15, 0.2) is 47.2 Å². The lowest BCUT2D eigenvalue weighted by Crippen LogP contribution is -2.16. The zero-order chi connectivity index (χ0) is 14.8. The van der Waals surface area contributed by atoms with Crippen molar-refractivity contribution < 1.29 is 9.84 Å². The fourth-order valence-electron chi connectivity index (χ4n) is 1.36. The van der Waals surface area contributed by atoms with Crippen LogP contribution in [0.3, 0.4) is 0 Å². The summed E-state index contributed by atoms with van der Waals surface area (Å²) in [7, 11) is 0. The summed E-state index contributed by atoms with van der Waals surface area (Å²) in [6.07, 6.45) is 6.80. The quantitative estimate of drug-likeness (QED) is 0.324. The van der Waals surface area contributed by atoms with E-state index < -0.39 is 6.29 Å². The van der Waals surface area contributed by atoms with Gasteiger partial charge in [0.15, 0.2) is 16.6 Å². The van der Waals surface area contributed by atoms with Gasteiger partial charge in [-0.05, 0) is 18.6 Å². The predicted octanol–water partition coefficient (Wildman–Crippen LogP) is 1.88. The molecule has 1 N–H and O–H groups in total. The molecule has 0 aliphatic heterocycles. The fraction of sp³-hybridized carbons (Fsp3) is 0.385. The van der Waals surface area contributed by atoms with Crippen LogP contribution >= 0.6 is 23.5 Å². The van der Waals surface area contributed by atoms with Gasteiger partial charge in [0, 0.05) is 30.5 Å². The monoisotopic (exact) mass is 324 g/mol. The van der Waals surface area contributed by atoms with Crippen LogP contribution in [0.4, 0.5) is 0 Å². The van der Waals surface area contributed by atoms with E-state index in [1.54, 1.807) is 48.7 Å². The van der Waals surface area contributed by atoms with Gasteiger partial charge < -0.3 is 9.84 Å². The van der Waals surface area contributed by atoms with E-state index in [1.807, 2.05) is 0 Å². The molecule has 0 fully saturated rings. The number of hydrogen-bond donors (Lipinski definition) is 1. The van der Waals surface area contributed by atoms with Crippen LogP contribution in [0.1, 0.15) is 6.42 Å². The summed E-state index contributed by atoms with van der Waals surface area (Å²) < 4.78 is 5.33. The Balaban J connectivity index is 1.52. The maximum absolute atomic E-state index is 9.70. The Hall–Kier alpha value is -1.22. The molecule has 2 aromatic heterocycles. The fourth-order valence-corrected chi connectivity index (χ4v) is 2.73. The number of aliphatic hydroxyl groups excluding tert-OH is 1. The number of rotatable bonds is 9. The molecular formula is C13H16N4O2S2. The predicted molar refractivity (Wildman–Crippen MR) is 82.1 cm³/mol. The molecular weight excluding hydrogens is 308 g/mol. The van der Waals surface area contributed by atoms with Crippen LogP contribution in [-0.2, 0) is 4.74 Å². The summed E-state index contributed by atoms with van der Waals surface area (Å²) in [5.74, 6) is 1.27. The second-order valence-electron chi connectivity index (χ2n) is 3.90. The second-order valence-corrected chi connectivity index (χ2v) is 5.95. The van der Waals surface area contributed by atoms with Crippen molar-refractivity contribution in [2.45, 2.75) is 23.0 Å². The zero-order valence-corrected chi connectivity index (χ0v) is 13.0. The van der Waals surface area contributed by atoms with E-state index >= 15 is 0 Å². The molecule has 0 aliphatic rings. The van der Waals surface area contributed by atoms with Gasteiger partial charge in [-0.1, -0.05) is 23.5 Å². The smallest absolute Gasteiger partial charge is 0.187 e. The normalized spacial score (nSPS) is 12.2. The van der Waals surface area contributed by atoms with E-state index in [2.05, 4.69) is 19.9 Å². The van der Waals surface area contributed by atoms with Gasteiger partial charge >= 0.3 is 0 Å². The molecule has 0 amide bonds. The zero-order valence-electron chi connectivity index (χ0n) is 11.3. The average molecular weight is 324 g/mol. The highest BCUT2D eigenvalue weighted by Crippen LogP contribution is 2.14. The lowest BCUT2D eigenvalue weighted by Gasteiger charge is -2.10. The van der Waals surface area contributed by atoms with Crippen LogP contribution in [0.5, 0.6) is 0 Å². The molecule has 21 heavy (non-hydrogen) atoms. The van der Waals surface area contributed by atoms with Crippen molar-refractivity contribution in [3.63, 3.8) is 0 Å². The molecule has 6 nitrogen and oxygen atoms in total. The highest BCUT2D eigenvalue weighted by Gasteiger charge is 2.06. The number of aliphatic hydroxyl groups is 1. The third-order valence-electron chi connectivity index (χ3n) is 2.27. The molecule has 0 aromatic carbocycles. The minimum absolute atomic E-state index is 0.416. The maximum atomic E-state index is 9.70. The molecule has 0 radical (unpaired) electrons. The molecule has 0 bridgehead atoms. The van der Waals surface area contributed by atoms with Crippen molar-refractivity contribution in [1.29, 1.82) is 0 Å². The second kappa shape index (κ2) is 9.67. The first-order valence-electron chi connectivity index (χ1n) is 6.44. The number of hydrogen-bond acceptors (Lipinski definition) is 8. The summed E-state index contributed by atoms with van der Waals surface area (Å²) in [4.78, 5) is 16.4. The van der Waals surface area contributed by atoms with Gasteiger partial charge in [0.05, 0.1) is 12.4 Å². The first-order chi connectivity index (χ1) is 10.3. The van der Waals surface area contributed by atoms with E-state index in [0.29, 0.717) is 17.5 Å². The molecule has 2 aromatic rings. The van der Waals surface area contributed by atoms with Crippen LogP contribution < -0.4 is 0 Å². The van der Waals surface area contributed by atoms with Gasteiger partial charge in [-0.2, -0.15) is 0 Å². The van der Waals surface area contributed by atoms with Crippen LogP contribution in [0.25, 0.3) is 0 Å². The van der Waals surface area contributed by atoms with Crippen LogP contribution in [0, 0.1) is 0 Å². The molecule has 1 atom stereocenters. The third kappa shape index (κ3) is 6.85. The van der Waals surface area contributed by atoms with Gasteiger partial charge in [-0.25, -0.2) is 19.9 Å². The Morgan fingerprint density at radius 3 is 2.14 bits per heavy atom. The molecule has 0 saturated heterocycles. The Bertz CT molecular complexity index is 504. The average Bonchev–Trinajstić information content (AvgIpc) is 2.54. The first kappa shape index (κ1) is 16.2. The minimum Gasteiger partial charge on any atom is -0.367 e.